The first kappa shape index (κ1) is 21.9. The lowest BCUT2D eigenvalue weighted by Gasteiger charge is -2.32. The summed E-state index contributed by atoms with van der Waals surface area (Å²) in [5, 5.41) is 16.0. The number of carbonyl (C=O) groups is 4. The summed E-state index contributed by atoms with van der Waals surface area (Å²) in [5.74, 6) is -2.13. The number of carbonyl (C=O) groups excluding carboxylic acids is 4. The van der Waals surface area contributed by atoms with E-state index in [0.717, 1.165) is 37.2 Å². The summed E-state index contributed by atoms with van der Waals surface area (Å²) in [6, 6.07) is 24.0. The minimum atomic E-state index is -0.556. The van der Waals surface area contributed by atoms with E-state index in [1.165, 1.54) is 17.0 Å². The molecule has 0 unspecified atom stereocenters. The molecule has 7 nitrogen and oxygen atoms in total. The number of rotatable bonds is 3. The molecule has 7 heteroatoms. The maximum absolute atomic E-state index is 14.0. The zero-order valence-electron chi connectivity index (χ0n) is 20.4. The van der Waals surface area contributed by atoms with Crippen LogP contribution in [0.5, 0.6) is 0 Å². The summed E-state index contributed by atoms with van der Waals surface area (Å²) < 4.78 is 0. The topological polar surface area (TPSA) is 95.0 Å². The number of aliphatic hydroxyl groups is 1. The fourth-order valence-electron chi connectivity index (χ4n) is 6.36. The van der Waals surface area contributed by atoms with Gasteiger partial charge in [-0.15, -0.1) is 0 Å². The first-order chi connectivity index (χ1) is 19.0. The van der Waals surface area contributed by atoms with Gasteiger partial charge < -0.3 is 5.11 Å². The third-order valence-corrected chi connectivity index (χ3v) is 8.05. The van der Waals surface area contributed by atoms with E-state index >= 15 is 0 Å². The van der Waals surface area contributed by atoms with Crippen molar-refractivity contribution in [1.82, 2.24) is 4.90 Å². The standard InChI is InChI=1S/C32H18N2O5/c35-15-14-33-29(36)20-9-11-22-28-23(12-10-21(27(20)28)30(33)37)32(39)34(31(22)38)24-13-7-18-5-4-16-2-1-3-17-6-8-19(24)26(18)25(16)17/h1-13,35H,14-15H2. The predicted octanol–water partition coefficient (Wildman–Crippen LogP) is 5.13. The summed E-state index contributed by atoms with van der Waals surface area (Å²) in [6.07, 6.45) is 0. The van der Waals surface area contributed by atoms with Gasteiger partial charge in [-0.05, 0) is 57.3 Å². The highest BCUT2D eigenvalue weighted by Gasteiger charge is 2.40. The zero-order chi connectivity index (χ0) is 26.6. The van der Waals surface area contributed by atoms with Crippen molar-refractivity contribution in [2.24, 2.45) is 0 Å². The van der Waals surface area contributed by atoms with Crippen LogP contribution in [0.25, 0.3) is 43.1 Å². The van der Waals surface area contributed by atoms with Gasteiger partial charge in [-0.2, -0.15) is 0 Å². The normalized spacial score (nSPS) is 15.1. The SMILES string of the molecule is O=C1c2ccc3c4c(ccc(c24)C(=O)N1CCO)C(=O)N(c1ccc2ccc4cccc5ccc1c2c45)C3=O. The number of hydrogen-bond donors (Lipinski definition) is 1. The van der Waals surface area contributed by atoms with Crippen molar-refractivity contribution in [2.45, 2.75) is 0 Å². The minimum Gasteiger partial charge on any atom is -0.395 e. The monoisotopic (exact) mass is 510 g/mol. The number of hydrogen-bond acceptors (Lipinski definition) is 5. The van der Waals surface area contributed by atoms with Crippen LogP contribution in [0.2, 0.25) is 0 Å². The highest BCUT2D eigenvalue weighted by molar-refractivity contribution is 6.41. The van der Waals surface area contributed by atoms with Crippen LogP contribution in [0.1, 0.15) is 41.4 Å². The maximum atomic E-state index is 14.0. The molecule has 6 aromatic carbocycles. The van der Waals surface area contributed by atoms with Crippen molar-refractivity contribution in [2.75, 3.05) is 18.1 Å². The summed E-state index contributed by atoms with van der Waals surface area (Å²) in [5.41, 5.74) is 1.46. The van der Waals surface area contributed by atoms with E-state index in [0.29, 0.717) is 16.5 Å². The number of β-amino-alcohol motifs (C(OH)–C–C–N with tert-alkyl or cyclic N) is 1. The van der Waals surface area contributed by atoms with E-state index in [1.54, 1.807) is 18.2 Å². The molecule has 8 rings (SSSR count). The Labute approximate surface area is 220 Å². The molecule has 2 aliphatic heterocycles. The highest BCUT2D eigenvalue weighted by Crippen LogP contribution is 2.43. The van der Waals surface area contributed by atoms with Gasteiger partial charge in [0.25, 0.3) is 23.6 Å². The van der Waals surface area contributed by atoms with E-state index in [4.69, 9.17) is 0 Å². The molecule has 0 fully saturated rings. The predicted molar refractivity (Wildman–Crippen MR) is 148 cm³/mol. The van der Waals surface area contributed by atoms with Gasteiger partial charge in [0.05, 0.1) is 18.8 Å². The maximum Gasteiger partial charge on any atom is 0.266 e. The summed E-state index contributed by atoms with van der Waals surface area (Å²) >= 11 is 0. The summed E-state index contributed by atoms with van der Waals surface area (Å²) in [4.78, 5) is 56.5. The van der Waals surface area contributed by atoms with Crippen LogP contribution in [-0.2, 0) is 0 Å². The molecule has 0 aliphatic carbocycles. The Morgan fingerprint density at radius 2 is 1.00 bits per heavy atom. The van der Waals surface area contributed by atoms with Crippen molar-refractivity contribution < 1.29 is 24.3 Å². The first-order valence-corrected chi connectivity index (χ1v) is 12.6. The second kappa shape index (κ2) is 7.46. The molecule has 39 heavy (non-hydrogen) atoms. The van der Waals surface area contributed by atoms with Crippen LogP contribution in [-0.4, -0.2) is 46.8 Å². The van der Waals surface area contributed by atoms with E-state index < -0.39 is 23.6 Å². The van der Waals surface area contributed by atoms with Crippen LogP contribution >= 0.6 is 0 Å². The molecule has 186 valence electrons. The number of imide groups is 2. The smallest absolute Gasteiger partial charge is 0.266 e. The molecule has 0 bridgehead atoms. The third kappa shape index (κ3) is 2.64. The van der Waals surface area contributed by atoms with Crippen molar-refractivity contribution in [3.05, 3.63) is 101 Å². The fraction of sp³-hybridized carbons (Fsp3) is 0.0625. The Balaban J connectivity index is 1.37. The molecule has 2 aliphatic rings. The number of nitrogens with zero attached hydrogens (tertiary/aromatic N) is 2. The number of benzene rings is 6. The molecule has 0 aromatic heterocycles. The van der Waals surface area contributed by atoms with Gasteiger partial charge in [0.2, 0.25) is 0 Å². The first-order valence-electron chi connectivity index (χ1n) is 12.6. The highest BCUT2D eigenvalue weighted by atomic mass is 16.3. The number of amides is 4. The van der Waals surface area contributed by atoms with E-state index in [2.05, 4.69) is 6.07 Å². The Bertz CT molecular complexity index is 2040. The Morgan fingerprint density at radius 3 is 1.56 bits per heavy atom. The van der Waals surface area contributed by atoms with Crippen molar-refractivity contribution in [1.29, 1.82) is 0 Å². The second-order valence-corrected chi connectivity index (χ2v) is 9.94. The molecule has 0 atom stereocenters. The molecule has 2 heterocycles. The van der Waals surface area contributed by atoms with Gasteiger partial charge in [0.1, 0.15) is 0 Å². The quantitative estimate of drug-likeness (QED) is 0.263. The lowest BCUT2D eigenvalue weighted by Crippen LogP contribution is -2.44. The Hall–Kier alpha value is -5.14. The molecule has 0 radical (unpaired) electrons. The molecular weight excluding hydrogens is 492 g/mol. The molecule has 6 aromatic rings. The molecule has 1 N–H and O–H groups in total. The molecule has 0 saturated carbocycles. The van der Waals surface area contributed by atoms with Gasteiger partial charge in [-0.25, -0.2) is 4.90 Å². The van der Waals surface area contributed by atoms with Gasteiger partial charge in [0.15, 0.2) is 0 Å². The van der Waals surface area contributed by atoms with Crippen LogP contribution in [0.4, 0.5) is 5.69 Å². The number of anilines is 1. The number of aliphatic hydroxyl groups excluding tert-OH is 1. The average molecular weight is 511 g/mol. The fourth-order valence-corrected chi connectivity index (χ4v) is 6.36. The third-order valence-electron chi connectivity index (χ3n) is 8.05. The van der Waals surface area contributed by atoms with E-state index in [-0.39, 0.29) is 35.4 Å². The second-order valence-electron chi connectivity index (χ2n) is 9.94. The summed E-state index contributed by atoms with van der Waals surface area (Å²) in [6.45, 7) is -0.500. The van der Waals surface area contributed by atoms with Crippen LogP contribution in [0.15, 0.2) is 78.9 Å². The molecule has 0 saturated heterocycles. The van der Waals surface area contributed by atoms with Crippen LogP contribution < -0.4 is 4.90 Å². The van der Waals surface area contributed by atoms with Gasteiger partial charge in [-0.1, -0.05) is 48.5 Å². The van der Waals surface area contributed by atoms with Crippen molar-refractivity contribution in [3.63, 3.8) is 0 Å². The molecular formula is C32H18N2O5. The van der Waals surface area contributed by atoms with E-state index in [9.17, 15) is 24.3 Å². The van der Waals surface area contributed by atoms with Gasteiger partial charge >= 0.3 is 0 Å². The Kier molecular flexibility index (Phi) is 4.19. The van der Waals surface area contributed by atoms with Gasteiger partial charge in [-0.3, -0.25) is 24.1 Å². The average Bonchev–Trinajstić information content (AvgIpc) is 2.96. The molecule has 0 spiro atoms. The van der Waals surface area contributed by atoms with Gasteiger partial charge in [0, 0.05) is 38.4 Å². The van der Waals surface area contributed by atoms with Crippen molar-refractivity contribution in [3.8, 4) is 0 Å². The molecule has 4 amide bonds. The van der Waals surface area contributed by atoms with Crippen LogP contribution in [0.3, 0.4) is 0 Å². The Morgan fingerprint density at radius 1 is 0.513 bits per heavy atom. The minimum absolute atomic E-state index is 0.137. The van der Waals surface area contributed by atoms with Crippen LogP contribution in [0, 0.1) is 0 Å². The zero-order valence-corrected chi connectivity index (χ0v) is 20.4. The lowest BCUT2D eigenvalue weighted by molar-refractivity contribution is 0.0579. The van der Waals surface area contributed by atoms with Crippen molar-refractivity contribution >= 4 is 72.4 Å². The van der Waals surface area contributed by atoms with E-state index in [1.807, 2.05) is 42.5 Å². The largest absolute Gasteiger partial charge is 0.395 e. The lowest BCUT2D eigenvalue weighted by atomic mass is 9.85. The summed E-state index contributed by atoms with van der Waals surface area (Å²) in [7, 11) is 0.